The van der Waals surface area contributed by atoms with Crippen LogP contribution in [-0.4, -0.2) is 10.2 Å². The maximum Gasteiger partial charge on any atom is 0.416 e. The van der Waals surface area contributed by atoms with Gasteiger partial charge in [-0.05, 0) is 18.2 Å². The first-order valence-corrected chi connectivity index (χ1v) is 4.68. The number of rotatable bonds is 1. The molecule has 1 aromatic heterocycles. The van der Waals surface area contributed by atoms with Crippen LogP contribution in [0.2, 0.25) is 0 Å². The molecular formula is C10H5F5N2O. The van der Waals surface area contributed by atoms with E-state index in [1.807, 2.05) is 5.10 Å². The monoisotopic (exact) mass is 264 g/mol. The Morgan fingerprint density at radius 3 is 2.39 bits per heavy atom. The summed E-state index contributed by atoms with van der Waals surface area (Å²) in [6.07, 6.45) is -7.75. The lowest BCUT2D eigenvalue weighted by atomic mass is 10.1. The number of nitrogens with one attached hydrogen (secondary N) is 1. The Hall–Kier alpha value is -1.99. The van der Waals surface area contributed by atoms with E-state index in [0.29, 0.717) is 12.1 Å². The topological polar surface area (TPSA) is 45.8 Å². The van der Waals surface area contributed by atoms with Gasteiger partial charge in [-0.2, -0.15) is 18.3 Å². The molecule has 0 fully saturated rings. The molecule has 0 radical (unpaired) electrons. The van der Waals surface area contributed by atoms with Crippen LogP contribution in [0.5, 0.6) is 0 Å². The minimum atomic E-state index is -4.67. The third-order valence-electron chi connectivity index (χ3n) is 2.35. The highest BCUT2D eigenvalue weighted by Gasteiger charge is 2.31. The number of alkyl halides is 5. The molecule has 0 saturated heterocycles. The number of nitrogens with zero attached hydrogens (tertiary/aromatic N) is 1. The Kier molecular flexibility index (Phi) is 2.80. The van der Waals surface area contributed by atoms with Crippen molar-refractivity contribution in [1.82, 2.24) is 10.2 Å². The van der Waals surface area contributed by atoms with Crippen LogP contribution in [0.15, 0.2) is 23.0 Å². The quantitative estimate of drug-likeness (QED) is 0.805. The Morgan fingerprint density at radius 2 is 1.83 bits per heavy atom. The number of hydrogen-bond acceptors (Lipinski definition) is 2. The lowest BCUT2D eigenvalue weighted by molar-refractivity contribution is -0.137. The van der Waals surface area contributed by atoms with Crippen molar-refractivity contribution in [2.45, 2.75) is 12.6 Å². The first-order chi connectivity index (χ1) is 8.30. The molecule has 0 spiro atoms. The fourth-order valence-corrected chi connectivity index (χ4v) is 1.53. The van der Waals surface area contributed by atoms with Gasteiger partial charge in [-0.1, -0.05) is 0 Å². The number of aromatic nitrogens is 2. The van der Waals surface area contributed by atoms with Gasteiger partial charge in [-0.25, -0.2) is 13.9 Å². The minimum absolute atomic E-state index is 0.256. The van der Waals surface area contributed by atoms with E-state index in [1.54, 1.807) is 0 Å². The summed E-state index contributed by atoms with van der Waals surface area (Å²) < 4.78 is 62.5. The third kappa shape index (κ3) is 2.05. The number of halogens is 5. The van der Waals surface area contributed by atoms with Crippen molar-refractivity contribution in [2.24, 2.45) is 0 Å². The van der Waals surface area contributed by atoms with Crippen molar-refractivity contribution in [3.63, 3.8) is 0 Å². The van der Waals surface area contributed by atoms with Crippen LogP contribution in [-0.2, 0) is 6.18 Å². The molecule has 1 N–H and O–H groups in total. The lowest BCUT2D eigenvalue weighted by Crippen LogP contribution is -2.13. The van der Waals surface area contributed by atoms with E-state index < -0.39 is 34.8 Å². The lowest BCUT2D eigenvalue weighted by Gasteiger charge is -2.09. The molecule has 0 aliphatic carbocycles. The van der Waals surface area contributed by atoms with E-state index >= 15 is 0 Å². The predicted molar refractivity (Wildman–Crippen MR) is 52.3 cm³/mol. The Bertz CT molecular complexity index is 647. The summed E-state index contributed by atoms with van der Waals surface area (Å²) in [5, 5.41) is 4.14. The van der Waals surface area contributed by atoms with E-state index in [-0.39, 0.29) is 5.39 Å². The minimum Gasteiger partial charge on any atom is -0.267 e. The van der Waals surface area contributed by atoms with Crippen LogP contribution in [0.4, 0.5) is 22.0 Å². The molecule has 1 heterocycles. The van der Waals surface area contributed by atoms with E-state index in [0.717, 1.165) is 6.07 Å². The average molecular weight is 264 g/mol. The number of H-pyrrole nitrogens is 1. The summed E-state index contributed by atoms with van der Waals surface area (Å²) in [5.74, 6) is 0. The first kappa shape index (κ1) is 12.5. The first-order valence-electron chi connectivity index (χ1n) is 4.68. The van der Waals surface area contributed by atoms with Gasteiger partial charge in [0.1, 0.15) is 5.69 Å². The smallest absolute Gasteiger partial charge is 0.267 e. The maximum absolute atomic E-state index is 12.6. The second kappa shape index (κ2) is 4.04. The molecular weight excluding hydrogens is 259 g/mol. The molecule has 0 aliphatic heterocycles. The Balaban J connectivity index is 2.82. The van der Waals surface area contributed by atoms with Crippen LogP contribution < -0.4 is 5.56 Å². The standard InChI is InChI=1S/C10H5F5N2O/c11-8(12)7-6-3-4(10(13,14)15)1-2-5(6)9(18)17-16-7/h1-3,8H,(H,17,18). The molecule has 3 nitrogen and oxygen atoms in total. The molecule has 0 atom stereocenters. The molecule has 0 saturated carbocycles. The molecule has 2 aromatic rings. The van der Waals surface area contributed by atoms with Crippen LogP contribution in [0, 0.1) is 0 Å². The van der Waals surface area contributed by atoms with Gasteiger partial charge in [0.25, 0.3) is 12.0 Å². The Labute approximate surface area is 96.2 Å². The average Bonchev–Trinajstić information content (AvgIpc) is 2.27. The van der Waals surface area contributed by atoms with Crippen molar-refractivity contribution in [3.05, 3.63) is 39.8 Å². The van der Waals surface area contributed by atoms with E-state index in [4.69, 9.17) is 0 Å². The SMILES string of the molecule is O=c1[nH]nc(C(F)F)c2cc(C(F)(F)F)ccc12. The van der Waals surface area contributed by atoms with Gasteiger partial charge in [-0.3, -0.25) is 4.79 Å². The molecule has 0 aliphatic rings. The van der Waals surface area contributed by atoms with Gasteiger partial charge in [-0.15, -0.1) is 0 Å². The van der Waals surface area contributed by atoms with Crippen LogP contribution in [0.25, 0.3) is 10.8 Å². The van der Waals surface area contributed by atoms with Gasteiger partial charge in [0.05, 0.1) is 10.9 Å². The van der Waals surface area contributed by atoms with Gasteiger partial charge in [0, 0.05) is 5.39 Å². The molecule has 0 bridgehead atoms. The normalized spacial score (nSPS) is 12.3. The zero-order valence-electron chi connectivity index (χ0n) is 8.55. The van der Waals surface area contributed by atoms with Gasteiger partial charge >= 0.3 is 6.18 Å². The maximum atomic E-state index is 12.6. The molecule has 0 amide bonds. The number of fused-ring (bicyclic) bond motifs is 1. The molecule has 18 heavy (non-hydrogen) atoms. The van der Waals surface area contributed by atoms with E-state index in [2.05, 4.69) is 5.10 Å². The summed E-state index contributed by atoms with van der Waals surface area (Å²) in [6.45, 7) is 0. The number of benzene rings is 1. The van der Waals surface area contributed by atoms with Gasteiger partial charge in [0.15, 0.2) is 0 Å². The van der Waals surface area contributed by atoms with Crippen molar-refractivity contribution >= 4 is 10.8 Å². The fourth-order valence-electron chi connectivity index (χ4n) is 1.53. The fraction of sp³-hybridized carbons (Fsp3) is 0.200. The number of hydrogen-bond donors (Lipinski definition) is 1. The number of aromatic amines is 1. The molecule has 8 heteroatoms. The third-order valence-corrected chi connectivity index (χ3v) is 2.35. The zero-order valence-corrected chi connectivity index (χ0v) is 8.55. The van der Waals surface area contributed by atoms with E-state index in [9.17, 15) is 26.7 Å². The van der Waals surface area contributed by atoms with E-state index in [1.165, 1.54) is 0 Å². The summed E-state index contributed by atoms with van der Waals surface area (Å²) >= 11 is 0. The van der Waals surface area contributed by atoms with Gasteiger partial charge < -0.3 is 0 Å². The zero-order chi connectivity index (χ0) is 13.5. The Morgan fingerprint density at radius 1 is 1.17 bits per heavy atom. The highest BCUT2D eigenvalue weighted by Crippen LogP contribution is 2.32. The van der Waals surface area contributed by atoms with Gasteiger partial charge in [0.2, 0.25) is 0 Å². The largest absolute Gasteiger partial charge is 0.416 e. The van der Waals surface area contributed by atoms with Crippen LogP contribution in [0.1, 0.15) is 17.7 Å². The van der Waals surface area contributed by atoms with Crippen LogP contribution >= 0.6 is 0 Å². The van der Waals surface area contributed by atoms with Crippen LogP contribution in [0.3, 0.4) is 0 Å². The summed E-state index contributed by atoms with van der Waals surface area (Å²) in [5.41, 5.74) is -2.80. The highest BCUT2D eigenvalue weighted by molar-refractivity contribution is 5.84. The predicted octanol–water partition coefficient (Wildman–Crippen LogP) is 2.88. The van der Waals surface area contributed by atoms with Crippen molar-refractivity contribution in [2.75, 3.05) is 0 Å². The summed E-state index contributed by atoms with van der Waals surface area (Å²) in [7, 11) is 0. The van der Waals surface area contributed by atoms with Crippen molar-refractivity contribution < 1.29 is 22.0 Å². The highest BCUT2D eigenvalue weighted by atomic mass is 19.4. The van der Waals surface area contributed by atoms with Crippen molar-refractivity contribution in [3.8, 4) is 0 Å². The second-order valence-electron chi connectivity index (χ2n) is 3.50. The molecule has 96 valence electrons. The molecule has 2 rings (SSSR count). The molecule has 0 unspecified atom stereocenters. The summed E-state index contributed by atoms with van der Waals surface area (Å²) in [4.78, 5) is 11.3. The van der Waals surface area contributed by atoms with Crippen molar-refractivity contribution in [1.29, 1.82) is 0 Å². The second-order valence-corrected chi connectivity index (χ2v) is 3.50. The summed E-state index contributed by atoms with van der Waals surface area (Å²) in [6, 6.07) is 2.01. The molecule has 1 aromatic carbocycles.